The lowest BCUT2D eigenvalue weighted by atomic mass is 10.1. The van der Waals surface area contributed by atoms with Gasteiger partial charge in [0.15, 0.2) is 0 Å². The van der Waals surface area contributed by atoms with Crippen LogP contribution < -0.4 is 5.32 Å². The molecule has 1 amide bonds. The zero-order valence-corrected chi connectivity index (χ0v) is 11.3. The summed E-state index contributed by atoms with van der Waals surface area (Å²) in [5.41, 5.74) is 1.23. The zero-order chi connectivity index (χ0) is 12.5. The van der Waals surface area contributed by atoms with E-state index >= 15 is 0 Å². The first-order valence-corrected chi connectivity index (χ1v) is 6.79. The quantitative estimate of drug-likeness (QED) is 0.851. The third kappa shape index (κ3) is 2.86. The number of amides is 1. The van der Waals surface area contributed by atoms with Gasteiger partial charge in [-0.25, -0.2) is 4.39 Å². The van der Waals surface area contributed by atoms with Crippen LogP contribution in [0.25, 0.3) is 0 Å². The molecule has 1 aromatic carbocycles. The van der Waals surface area contributed by atoms with E-state index in [1.165, 1.54) is 6.07 Å². The van der Waals surface area contributed by atoms with E-state index in [2.05, 4.69) is 21.2 Å². The first-order valence-electron chi connectivity index (χ1n) is 5.67. The van der Waals surface area contributed by atoms with Crippen LogP contribution in [0, 0.1) is 18.2 Å². The Hall–Kier alpha value is -0.900. The standard InChI is InChI=1S/C13H15BrFNO/c1-9-2-3-11(15)10(6-9)12(17)16-8-13(7-14)4-5-13/h2-3,6H,4-5,7-8H2,1H3,(H,16,17). The Balaban J connectivity index is 2.02. The molecule has 0 saturated heterocycles. The molecule has 0 aliphatic heterocycles. The van der Waals surface area contributed by atoms with E-state index in [4.69, 9.17) is 0 Å². The Labute approximate surface area is 109 Å². The molecule has 1 aliphatic carbocycles. The monoisotopic (exact) mass is 299 g/mol. The van der Waals surface area contributed by atoms with Gasteiger partial charge in [0, 0.05) is 11.9 Å². The number of nitrogens with one attached hydrogen (secondary N) is 1. The lowest BCUT2D eigenvalue weighted by molar-refractivity contribution is 0.0942. The average Bonchev–Trinajstić information content (AvgIpc) is 3.10. The average molecular weight is 300 g/mol. The van der Waals surface area contributed by atoms with Crippen LogP contribution in [0.2, 0.25) is 0 Å². The molecule has 1 aliphatic rings. The first kappa shape index (κ1) is 12.6. The lowest BCUT2D eigenvalue weighted by Crippen LogP contribution is -2.31. The largest absolute Gasteiger partial charge is 0.351 e. The van der Waals surface area contributed by atoms with Crippen molar-refractivity contribution in [2.75, 3.05) is 11.9 Å². The van der Waals surface area contributed by atoms with Crippen LogP contribution in [0.4, 0.5) is 4.39 Å². The van der Waals surface area contributed by atoms with Crippen LogP contribution in [-0.4, -0.2) is 17.8 Å². The molecule has 92 valence electrons. The van der Waals surface area contributed by atoms with Gasteiger partial charge in [-0.05, 0) is 37.3 Å². The molecule has 0 atom stereocenters. The third-order valence-electron chi connectivity index (χ3n) is 3.23. The third-order valence-corrected chi connectivity index (χ3v) is 4.42. The summed E-state index contributed by atoms with van der Waals surface area (Å²) < 4.78 is 13.5. The molecule has 1 N–H and O–H groups in total. The molecule has 0 aromatic heterocycles. The van der Waals surface area contributed by atoms with E-state index in [0.29, 0.717) is 6.54 Å². The molecule has 0 radical (unpaired) electrons. The molecule has 2 nitrogen and oxygen atoms in total. The number of halogens is 2. The fraction of sp³-hybridized carbons (Fsp3) is 0.462. The summed E-state index contributed by atoms with van der Waals surface area (Å²) in [7, 11) is 0. The number of alkyl halides is 1. The molecular formula is C13H15BrFNO. The topological polar surface area (TPSA) is 29.1 Å². The van der Waals surface area contributed by atoms with Gasteiger partial charge in [-0.3, -0.25) is 4.79 Å². The van der Waals surface area contributed by atoms with Crippen molar-refractivity contribution in [2.45, 2.75) is 19.8 Å². The number of aryl methyl sites for hydroxylation is 1. The maximum absolute atomic E-state index is 13.5. The Bertz CT molecular complexity index is 443. The van der Waals surface area contributed by atoms with Gasteiger partial charge < -0.3 is 5.32 Å². The Morgan fingerprint density at radius 3 is 2.82 bits per heavy atom. The Kier molecular flexibility index (Phi) is 3.52. The van der Waals surface area contributed by atoms with E-state index < -0.39 is 5.82 Å². The molecule has 0 bridgehead atoms. The van der Waals surface area contributed by atoms with Crippen LogP contribution in [0.1, 0.15) is 28.8 Å². The minimum Gasteiger partial charge on any atom is -0.351 e. The molecule has 0 unspecified atom stereocenters. The van der Waals surface area contributed by atoms with Crippen LogP contribution in [0.3, 0.4) is 0 Å². The summed E-state index contributed by atoms with van der Waals surface area (Å²) in [4.78, 5) is 11.8. The highest BCUT2D eigenvalue weighted by Crippen LogP contribution is 2.46. The van der Waals surface area contributed by atoms with Gasteiger partial charge in [-0.15, -0.1) is 0 Å². The summed E-state index contributed by atoms with van der Waals surface area (Å²) >= 11 is 3.44. The maximum Gasteiger partial charge on any atom is 0.254 e. The summed E-state index contributed by atoms with van der Waals surface area (Å²) in [6.45, 7) is 2.46. The normalized spacial score (nSPS) is 16.6. The minimum atomic E-state index is -0.461. The molecular weight excluding hydrogens is 285 g/mol. The number of hydrogen-bond donors (Lipinski definition) is 1. The van der Waals surface area contributed by atoms with Gasteiger partial charge >= 0.3 is 0 Å². The van der Waals surface area contributed by atoms with Crippen molar-refractivity contribution in [2.24, 2.45) is 5.41 Å². The van der Waals surface area contributed by atoms with Crippen LogP contribution in [0.5, 0.6) is 0 Å². The van der Waals surface area contributed by atoms with Crippen LogP contribution in [-0.2, 0) is 0 Å². The van der Waals surface area contributed by atoms with Gasteiger partial charge in [-0.2, -0.15) is 0 Å². The van der Waals surface area contributed by atoms with Crippen LogP contribution >= 0.6 is 15.9 Å². The Morgan fingerprint density at radius 1 is 1.53 bits per heavy atom. The molecule has 1 fully saturated rings. The summed E-state index contributed by atoms with van der Waals surface area (Å²) in [5.74, 6) is -0.782. The number of rotatable bonds is 4. The lowest BCUT2D eigenvalue weighted by Gasteiger charge is -2.13. The van der Waals surface area contributed by atoms with Crippen molar-refractivity contribution < 1.29 is 9.18 Å². The van der Waals surface area contributed by atoms with Crippen molar-refractivity contribution in [3.05, 3.63) is 35.1 Å². The van der Waals surface area contributed by atoms with Gasteiger partial charge in [-0.1, -0.05) is 27.6 Å². The number of benzene rings is 1. The fourth-order valence-corrected chi connectivity index (χ4v) is 2.47. The van der Waals surface area contributed by atoms with E-state index in [1.54, 1.807) is 12.1 Å². The highest BCUT2D eigenvalue weighted by atomic mass is 79.9. The van der Waals surface area contributed by atoms with Gasteiger partial charge in [0.25, 0.3) is 5.91 Å². The summed E-state index contributed by atoms with van der Waals surface area (Å²) in [6, 6.07) is 4.58. The highest BCUT2D eigenvalue weighted by Gasteiger charge is 2.41. The zero-order valence-electron chi connectivity index (χ0n) is 9.72. The van der Waals surface area contributed by atoms with E-state index in [9.17, 15) is 9.18 Å². The predicted molar refractivity (Wildman–Crippen MR) is 68.9 cm³/mol. The molecule has 0 spiro atoms. The van der Waals surface area contributed by atoms with Gasteiger partial charge in [0.2, 0.25) is 0 Å². The van der Waals surface area contributed by atoms with E-state index in [0.717, 1.165) is 23.7 Å². The second-order valence-electron chi connectivity index (χ2n) is 4.80. The molecule has 4 heteroatoms. The molecule has 17 heavy (non-hydrogen) atoms. The van der Waals surface area contributed by atoms with Crippen molar-refractivity contribution >= 4 is 21.8 Å². The second-order valence-corrected chi connectivity index (χ2v) is 5.36. The fourth-order valence-electron chi connectivity index (χ4n) is 1.71. The van der Waals surface area contributed by atoms with E-state index in [1.807, 2.05) is 6.92 Å². The molecule has 1 saturated carbocycles. The molecule has 0 heterocycles. The van der Waals surface area contributed by atoms with Crippen molar-refractivity contribution in [1.29, 1.82) is 0 Å². The summed E-state index contributed by atoms with van der Waals surface area (Å²) in [5, 5.41) is 3.70. The smallest absolute Gasteiger partial charge is 0.254 e. The number of carbonyl (C=O) groups excluding carboxylic acids is 1. The highest BCUT2D eigenvalue weighted by molar-refractivity contribution is 9.09. The minimum absolute atomic E-state index is 0.135. The van der Waals surface area contributed by atoms with Crippen molar-refractivity contribution in [3.8, 4) is 0 Å². The maximum atomic E-state index is 13.5. The molecule has 2 rings (SSSR count). The van der Waals surface area contributed by atoms with Crippen molar-refractivity contribution in [1.82, 2.24) is 5.32 Å². The predicted octanol–water partition coefficient (Wildman–Crippen LogP) is 3.04. The SMILES string of the molecule is Cc1ccc(F)c(C(=O)NCC2(CBr)CC2)c1. The van der Waals surface area contributed by atoms with Crippen LogP contribution in [0.15, 0.2) is 18.2 Å². The number of hydrogen-bond acceptors (Lipinski definition) is 1. The van der Waals surface area contributed by atoms with Crippen molar-refractivity contribution in [3.63, 3.8) is 0 Å². The number of carbonyl (C=O) groups is 1. The first-order chi connectivity index (χ1) is 8.06. The van der Waals surface area contributed by atoms with Gasteiger partial charge in [0.1, 0.15) is 5.82 Å². The van der Waals surface area contributed by atoms with E-state index in [-0.39, 0.29) is 16.9 Å². The van der Waals surface area contributed by atoms with Gasteiger partial charge in [0.05, 0.1) is 5.56 Å². The summed E-state index contributed by atoms with van der Waals surface area (Å²) in [6.07, 6.45) is 2.24. The molecule has 1 aromatic rings. The second kappa shape index (κ2) is 4.77. The Morgan fingerprint density at radius 2 is 2.24 bits per heavy atom.